The van der Waals surface area contributed by atoms with Crippen LogP contribution in [0.2, 0.25) is 5.02 Å². The third kappa shape index (κ3) is 2.81. The van der Waals surface area contributed by atoms with E-state index in [1.54, 1.807) is 0 Å². The average Bonchev–Trinajstić information content (AvgIpc) is 3.00. The lowest BCUT2D eigenvalue weighted by atomic mass is 10.1. The van der Waals surface area contributed by atoms with Gasteiger partial charge in [-0.1, -0.05) is 11.6 Å². The van der Waals surface area contributed by atoms with Crippen molar-refractivity contribution in [3.05, 3.63) is 61.5 Å². The maximum atomic E-state index is 14.1. The Labute approximate surface area is 172 Å². The Morgan fingerprint density at radius 2 is 2.03 bits per heavy atom. The molecule has 158 valence electrons. The Hall–Kier alpha value is -3.18. The molecule has 2 aromatic rings. The molecule has 0 spiro atoms. The minimum absolute atomic E-state index is 0.0364. The van der Waals surface area contributed by atoms with E-state index >= 15 is 0 Å². The van der Waals surface area contributed by atoms with Gasteiger partial charge in [-0.15, -0.1) is 0 Å². The Morgan fingerprint density at radius 1 is 1.33 bits per heavy atom. The number of carbonyl (C=O) groups excluding carboxylic acids is 2. The second-order valence-corrected chi connectivity index (χ2v) is 7.36. The molecule has 3 heterocycles. The van der Waals surface area contributed by atoms with Crippen molar-refractivity contribution >= 4 is 23.4 Å². The van der Waals surface area contributed by atoms with Crippen LogP contribution in [0, 0.1) is 11.6 Å². The van der Waals surface area contributed by atoms with Crippen molar-refractivity contribution in [1.29, 1.82) is 0 Å². The molecule has 0 bridgehead atoms. The van der Waals surface area contributed by atoms with E-state index in [9.17, 15) is 33.4 Å². The standard InChI is InChI=1S/C18H15ClF2N4O5/c1-23-6-24-5-10(26)13-11(15(27)16(28)14(18(23)30)25(13)24)17(29)22-4-7-9(20)3-2-8(19)12(7)21/h2-3,10,26,28H,4-6H2,1H3,(H,22,29). The summed E-state index contributed by atoms with van der Waals surface area (Å²) in [5.41, 5.74) is -2.87. The molecule has 1 aromatic heterocycles. The number of aromatic nitrogens is 1. The zero-order chi connectivity index (χ0) is 21.9. The number of halogens is 3. The highest BCUT2D eigenvalue weighted by Crippen LogP contribution is 2.32. The number of nitrogens with one attached hydrogen (secondary N) is 1. The Bertz CT molecular complexity index is 1170. The second kappa shape index (κ2) is 6.96. The van der Waals surface area contributed by atoms with Crippen molar-refractivity contribution in [1.82, 2.24) is 14.9 Å². The Kier molecular flexibility index (Phi) is 4.66. The van der Waals surface area contributed by atoms with Crippen LogP contribution in [0.5, 0.6) is 5.75 Å². The number of aliphatic hydroxyl groups is 1. The first-order valence-electron chi connectivity index (χ1n) is 8.74. The van der Waals surface area contributed by atoms with Crippen LogP contribution in [0.4, 0.5) is 8.78 Å². The summed E-state index contributed by atoms with van der Waals surface area (Å²) in [6, 6.07) is 1.95. The highest BCUT2D eigenvalue weighted by atomic mass is 35.5. The van der Waals surface area contributed by atoms with E-state index in [0.29, 0.717) is 0 Å². The van der Waals surface area contributed by atoms with E-state index < -0.39 is 58.4 Å². The molecule has 0 saturated heterocycles. The molecule has 1 unspecified atom stereocenters. The molecule has 2 amide bonds. The van der Waals surface area contributed by atoms with Gasteiger partial charge in [0.05, 0.1) is 17.3 Å². The van der Waals surface area contributed by atoms with E-state index in [0.717, 1.165) is 16.8 Å². The summed E-state index contributed by atoms with van der Waals surface area (Å²) in [5, 5.41) is 24.1. The molecule has 0 radical (unpaired) electrons. The average molecular weight is 441 g/mol. The molecule has 0 fully saturated rings. The fraction of sp³-hybridized carbons (Fsp3) is 0.278. The molecular formula is C18H15ClF2N4O5. The number of aromatic hydroxyl groups is 1. The van der Waals surface area contributed by atoms with E-state index in [4.69, 9.17) is 11.6 Å². The second-order valence-electron chi connectivity index (χ2n) is 6.95. The van der Waals surface area contributed by atoms with Gasteiger partial charge in [-0.05, 0) is 12.1 Å². The predicted octanol–water partition coefficient (Wildman–Crippen LogP) is 0.444. The zero-order valence-corrected chi connectivity index (χ0v) is 16.2. The fourth-order valence-corrected chi connectivity index (χ4v) is 3.83. The maximum Gasteiger partial charge on any atom is 0.277 e. The summed E-state index contributed by atoms with van der Waals surface area (Å²) in [6.07, 6.45) is -1.31. The van der Waals surface area contributed by atoms with Crippen molar-refractivity contribution in [2.45, 2.75) is 12.6 Å². The van der Waals surface area contributed by atoms with Crippen LogP contribution in [0.1, 0.15) is 38.2 Å². The quantitative estimate of drug-likeness (QED) is 0.597. The van der Waals surface area contributed by atoms with Crippen LogP contribution in [0.15, 0.2) is 16.9 Å². The monoisotopic (exact) mass is 440 g/mol. The molecule has 12 heteroatoms. The first-order valence-corrected chi connectivity index (χ1v) is 9.12. The highest BCUT2D eigenvalue weighted by Gasteiger charge is 2.42. The fourth-order valence-electron chi connectivity index (χ4n) is 3.65. The molecule has 2 aliphatic heterocycles. The van der Waals surface area contributed by atoms with Crippen molar-refractivity contribution in [3.63, 3.8) is 0 Å². The van der Waals surface area contributed by atoms with Crippen molar-refractivity contribution < 1.29 is 28.6 Å². The van der Waals surface area contributed by atoms with Gasteiger partial charge in [0.15, 0.2) is 11.4 Å². The van der Waals surface area contributed by atoms with Crippen LogP contribution < -0.4 is 15.8 Å². The smallest absolute Gasteiger partial charge is 0.277 e. The Balaban J connectivity index is 1.77. The van der Waals surface area contributed by atoms with Gasteiger partial charge in [0, 0.05) is 19.2 Å². The zero-order valence-electron chi connectivity index (χ0n) is 15.4. The summed E-state index contributed by atoms with van der Waals surface area (Å²) in [5.74, 6) is -4.71. The number of rotatable bonds is 3. The number of amides is 2. The molecular weight excluding hydrogens is 426 g/mol. The van der Waals surface area contributed by atoms with E-state index in [-0.39, 0.29) is 29.6 Å². The molecule has 3 N–H and O–H groups in total. The first kappa shape index (κ1) is 20.1. The molecule has 30 heavy (non-hydrogen) atoms. The highest BCUT2D eigenvalue weighted by molar-refractivity contribution is 6.30. The van der Waals surface area contributed by atoms with Gasteiger partial charge in [0.25, 0.3) is 11.8 Å². The van der Waals surface area contributed by atoms with E-state index in [2.05, 4.69) is 5.32 Å². The number of carbonyl (C=O) groups is 2. The number of hydrogen-bond donors (Lipinski definition) is 3. The van der Waals surface area contributed by atoms with Gasteiger partial charge in [-0.25, -0.2) is 13.5 Å². The molecule has 1 atom stereocenters. The molecule has 4 rings (SSSR count). The molecule has 1 aromatic carbocycles. The summed E-state index contributed by atoms with van der Waals surface area (Å²) in [6.45, 7) is -0.622. The van der Waals surface area contributed by atoms with Gasteiger partial charge < -0.3 is 20.4 Å². The SMILES string of the molecule is CN1CN2CC(O)c3c(C(=O)NCc4c(F)ccc(Cl)c4F)c(=O)c(O)c(n32)C1=O. The van der Waals surface area contributed by atoms with Crippen LogP contribution in [-0.4, -0.2) is 51.9 Å². The van der Waals surface area contributed by atoms with Crippen LogP contribution in [-0.2, 0) is 6.54 Å². The van der Waals surface area contributed by atoms with Crippen molar-refractivity contribution in [2.24, 2.45) is 0 Å². The largest absolute Gasteiger partial charge is 0.502 e. The lowest BCUT2D eigenvalue weighted by Gasteiger charge is -2.35. The van der Waals surface area contributed by atoms with Crippen molar-refractivity contribution in [2.75, 3.05) is 25.3 Å². The number of pyridine rings is 1. The van der Waals surface area contributed by atoms with Gasteiger partial charge in [-0.3, -0.25) is 19.4 Å². The first-order chi connectivity index (χ1) is 14.1. The maximum absolute atomic E-state index is 14.1. The van der Waals surface area contributed by atoms with Gasteiger partial charge >= 0.3 is 0 Å². The van der Waals surface area contributed by atoms with Crippen molar-refractivity contribution in [3.8, 4) is 5.75 Å². The molecule has 0 saturated carbocycles. The minimum atomic E-state index is -1.31. The van der Waals surface area contributed by atoms with Gasteiger partial charge in [0.2, 0.25) is 5.43 Å². The normalized spacial score (nSPS) is 17.4. The van der Waals surface area contributed by atoms with Crippen LogP contribution in [0.25, 0.3) is 0 Å². The topological polar surface area (TPSA) is 115 Å². The van der Waals surface area contributed by atoms with Gasteiger partial charge in [-0.2, -0.15) is 0 Å². The molecule has 0 aliphatic carbocycles. The Morgan fingerprint density at radius 3 is 2.73 bits per heavy atom. The van der Waals surface area contributed by atoms with Crippen LogP contribution in [0.3, 0.4) is 0 Å². The number of hydrogen-bond acceptors (Lipinski definition) is 6. The summed E-state index contributed by atoms with van der Waals surface area (Å²) in [7, 11) is 1.45. The number of benzene rings is 1. The van der Waals surface area contributed by atoms with Crippen LogP contribution >= 0.6 is 11.6 Å². The summed E-state index contributed by atoms with van der Waals surface area (Å²) >= 11 is 5.63. The molecule has 2 aliphatic rings. The molecule has 9 nitrogen and oxygen atoms in total. The third-order valence-electron chi connectivity index (χ3n) is 5.06. The summed E-state index contributed by atoms with van der Waals surface area (Å²) in [4.78, 5) is 39.1. The lowest BCUT2D eigenvalue weighted by Crippen LogP contribution is -2.51. The van der Waals surface area contributed by atoms with E-state index in [1.807, 2.05) is 0 Å². The van der Waals surface area contributed by atoms with E-state index in [1.165, 1.54) is 17.0 Å². The third-order valence-corrected chi connectivity index (χ3v) is 5.35. The lowest BCUT2D eigenvalue weighted by molar-refractivity contribution is 0.0735. The number of aliphatic hydroxyl groups excluding tert-OH is 1. The minimum Gasteiger partial charge on any atom is -0.502 e. The predicted molar refractivity (Wildman–Crippen MR) is 99.9 cm³/mol. The van der Waals surface area contributed by atoms with Gasteiger partial charge in [0.1, 0.15) is 30.0 Å². The number of nitrogens with zero attached hydrogens (tertiary/aromatic N) is 3. The summed E-state index contributed by atoms with van der Waals surface area (Å²) < 4.78 is 29.1.